The molecular weight excluding hydrogens is 658 g/mol. The van der Waals surface area contributed by atoms with E-state index in [9.17, 15) is 10.3 Å². The van der Waals surface area contributed by atoms with Crippen LogP contribution in [0, 0.1) is 0 Å². The van der Waals surface area contributed by atoms with Gasteiger partial charge in [0.1, 0.15) is 5.75 Å². The molecular formula is C34H31BrClN5O4. The molecule has 230 valence electrons. The number of amides is 1. The molecule has 11 heteroatoms. The fraction of sp³-hybridized carbons (Fsp3) is 0.235. The number of rotatable bonds is 13. The van der Waals surface area contributed by atoms with E-state index in [-0.39, 0.29) is 18.9 Å². The smallest absolute Gasteiger partial charge is 0.252 e. The first kappa shape index (κ1) is 32.1. The first-order valence-corrected chi connectivity index (χ1v) is 15.6. The maximum atomic E-state index is 14.5. The molecule has 0 radical (unpaired) electrons. The summed E-state index contributed by atoms with van der Waals surface area (Å²) >= 11 is 9.71. The molecule has 0 unspecified atom stereocenters. The van der Waals surface area contributed by atoms with Crippen molar-refractivity contribution in [1.82, 2.24) is 5.32 Å². The van der Waals surface area contributed by atoms with Crippen molar-refractivity contribution in [2.24, 2.45) is 10.1 Å². The second-order valence-electron chi connectivity index (χ2n) is 10.4. The molecule has 0 aromatic heterocycles. The van der Waals surface area contributed by atoms with Crippen LogP contribution in [0.3, 0.4) is 0 Å². The van der Waals surface area contributed by atoms with E-state index in [0.717, 1.165) is 15.6 Å². The van der Waals surface area contributed by atoms with E-state index in [2.05, 4.69) is 31.3 Å². The number of ether oxygens (including phenoxy) is 2. The summed E-state index contributed by atoms with van der Waals surface area (Å²) in [5.74, 6) is 0.612. The zero-order valence-electron chi connectivity index (χ0n) is 24.3. The van der Waals surface area contributed by atoms with E-state index in [1.807, 2.05) is 72.8 Å². The molecule has 0 aliphatic carbocycles. The zero-order valence-corrected chi connectivity index (χ0v) is 26.6. The normalized spacial score (nSPS) is 17.1. The monoisotopic (exact) mass is 687 g/mol. The molecule has 1 heterocycles. The van der Waals surface area contributed by atoms with Gasteiger partial charge >= 0.3 is 0 Å². The standard InChI is InChI=1S/C34H31BrClN5O4/c35-29-8-3-2-7-28(29)31-34(22-25-6-1-4-9-30(25)40-41-37,33(43)38-19-18-23-10-14-26(36)15-11-23)39-32(45-31)24-12-16-27(17-13-24)44-21-5-20-42/h1-4,6-17,31,42H,5,18-22H2,(H,38,43)/t31-,34-/m1/s1. The van der Waals surface area contributed by atoms with Gasteiger partial charge in [0, 0.05) is 57.2 Å². The van der Waals surface area contributed by atoms with Gasteiger partial charge in [-0.2, -0.15) is 0 Å². The van der Waals surface area contributed by atoms with E-state index in [4.69, 9.17) is 31.2 Å². The predicted octanol–water partition coefficient (Wildman–Crippen LogP) is 7.66. The van der Waals surface area contributed by atoms with Crippen LogP contribution in [0.25, 0.3) is 10.4 Å². The second kappa shape index (κ2) is 15.1. The third-order valence-electron chi connectivity index (χ3n) is 7.43. The van der Waals surface area contributed by atoms with Gasteiger partial charge in [-0.1, -0.05) is 87.2 Å². The number of hydrogen-bond acceptors (Lipinski definition) is 6. The number of nitrogens with one attached hydrogen (secondary N) is 1. The highest BCUT2D eigenvalue weighted by molar-refractivity contribution is 9.10. The topological polar surface area (TPSA) is 129 Å². The minimum absolute atomic E-state index is 0.0474. The summed E-state index contributed by atoms with van der Waals surface area (Å²) < 4.78 is 13.1. The fourth-order valence-corrected chi connectivity index (χ4v) is 5.79. The van der Waals surface area contributed by atoms with Crippen LogP contribution in [0.5, 0.6) is 5.75 Å². The number of aliphatic imine (C=N–C) groups is 1. The number of nitrogens with zero attached hydrogens (tertiary/aromatic N) is 4. The number of halogens is 2. The summed E-state index contributed by atoms with van der Waals surface area (Å²) in [6.45, 7) is 0.792. The summed E-state index contributed by atoms with van der Waals surface area (Å²) in [5.41, 5.74) is 11.3. The SMILES string of the molecule is [N-]=[N+]=Nc1ccccc1C[C@@]1(C(=O)NCCc2ccc(Cl)cc2)N=C(c2ccc(OCCCO)cc2)O[C@@H]1c1ccccc1Br. The van der Waals surface area contributed by atoms with Gasteiger partial charge in [0.05, 0.1) is 6.61 Å². The third-order valence-corrected chi connectivity index (χ3v) is 8.41. The number of hydrogen-bond donors (Lipinski definition) is 2. The van der Waals surface area contributed by atoms with Gasteiger partial charge in [0.25, 0.3) is 5.91 Å². The Balaban J connectivity index is 1.56. The third kappa shape index (κ3) is 7.67. The average Bonchev–Trinajstić information content (AvgIpc) is 3.44. The van der Waals surface area contributed by atoms with Crippen LogP contribution in [0.15, 0.2) is 112 Å². The predicted molar refractivity (Wildman–Crippen MR) is 178 cm³/mol. The number of carbonyl (C=O) groups is 1. The summed E-state index contributed by atoms with van der Waals surface area (Å²) in [6.07, 6.45) is 0.395. The molecule has 0 saturated carbocycles. The van der Waals surface area contributed by atoms with Gasteiger partial charge in [-0.05, 0) is 65.5 Å². The Hall–Kier alpha value is -4.34. The number of azide groups is 1. The van der Waals surface area contributed by atoms with Gasteiger partial charge in [-0.25, -0.2) is 4.99 Å². The number of benzene rings is 4. The Morgan fingerprint density at radius 2 is 1.80 bits per heavy atom. The molecule has 2 atom stereocenters. The molecule has 0 spiro atoms. The molecule has 1 aliphatic rings. The van der Waals surface area contributed by atoms with E-state index in [0.29, 0.717) is 59.5 Å². The van der Waals surface area contributed by atoms with Crippen molar-refractivity contribution < 1.29 is 19.4 Å². The van der Waals surface area contributed by atoms with Crippen molar-refractivity contribution in [3.05, 3.63) is 139 Å². The van der Waals surface area contributed by atoms with Crippen molar-refractivity contribution >= 4 is 45.0 Å². The van der Waals surface area contributed by atoms with Crippen LogP contribution in [-0.2, 0) is 22.4 Å². The highest BCUT2D eigenvalue weighted by atomic mass is 79.9. The largest absolute Gasteiger partial charge is 0.494 e. The molecule has 4 aromatic carbocycles. The number of aliphatic hydroxyl groups is 1. The average molecular weight is 689 g/mol. The molecule has 9 nitrogen and oxygen atoms in total. The first-order chi connectivity index (χ1) is 21.9. The van der Waals surface area contributed by atoms with Crippen LogP contribution in [0.4, 0.5) is 5.69 Å². The Morgan fingerprint density at radius 1 is 1.07 bits per heavy atom. The Bertz CT molecular complexity index is 1710. The molecule has 1 aliphatic heterocycles. The molecule has 0 fully saturated rings. The quantitative estimate of drug-likeness (QED) is 0.0647. The fourth-order valence-electron chi connectivity index (χ4n) is 5.17. The maximum absolute atomic E-state index is 14.5. The van der Waals surface area contributed by atoms with Gasteiger partial charge in [-0.3, -0.25) is 4.79 Å². The lowest BCUT2D eigenvalue weighted by Crippen LogP contribution is -2.50. The lowest BCUT2D eigenvalue weighted by atomic mass is 9.81. The van der Waals surface area contributed by atoms with E-state index < -0.39 is 11.6 Å². The molecule has 0 saturated heterocycles. The summed E-state index contributed by atoms with van der Waals surface area (Å²) in [6, 6.07) is 29.5. The molecule has 45 heavy (non-hydrogen) atoms. The zero-order chi connectivity index (χ0) is 31.6. The lowest BCUT2D eigenvalue weighted by molar-refractivity contribution is -0.128. The van der Waals surface area contributed by atoms with Crippen molar-refractivity contribution in [1.29, 1.82) is 0 Å². The van der Waals surface area contributed by atoms with Gasteiger partial charge in [0.2, 0.25) is 5.90 Å². The van der Waals surface area contributed by atoms with E-state index >= 15 is 0 Å². The van der Waals surface area contributed by atoms with Gasteiger partial charge < -0.3 is 19.9 Å². The molecule has 1 amide bonds. The summed E-state index contributed by atoms with van der Waals surface area (Å²) in [5, 5.41) is 16.7. The summed E-state index contributed by atoms with van der Waals surface area (Å²) in [7, 11) is 0. The van der Waals surface area contributed by atoms with Crippen molar-refractivity contribution in [2.75, 3.05) is 19.8 Å². The van der Waals surface area contributed by atoms with E-state index in [1.54, 1.807) is 24.3 Å². The van der Waals surface area contributed by atoms with Gasteiger partial charge in [0.15, 0.2) is 11.6 Å². The van der Waals surface area contributed by atoms with Crippen molar-refractivity contribution in [2.45, 2.75) is 30.9 Å². The minimum Gasteiger partial charge on any atom is -0.494 e. The first-order valence-electron chi connectivity index (χ1n) is 14.4. The second-order valence-corrected chi connectivity index (χ2v) is 11.7. The Morgan fingerprint density at radius 3 is 2.53 bits per heavy atom. The molecule has 4 aromatic rings. The van der Waals surface area contributed by atoms with Crippen molar-refractivity contribution in [3.63, 3.8) is 0 Å². The minimum atomic E-state index is -1.46. The molecule has 5 rings (SSSR count). The van der Waals surface area contributed by atoms with Crippen LogP contribution in [-0.4, -0.2) is 42.2 Å². The van der Waals surface area contributed by atoms with Crippen LogP contribution in [0.1, 0.15) is 34.8 Å². The van der Waals surface area contributed by atoms with Crippen LogP contribution >= 0.6 is 27.5 Å². The van der Waals surface area contributed by atoms with Crippen molar-refractivity contribution in [3.8, 4) is 5.75 Å². The van der Waals surface area contributed by atoms with Crippen LogP contribution in [0.2, 0.25) is 5.02 Å². The molecule has 0 bridgehead atoms. The van der Waals surface area contributed by atoms with Gasteiger partial charge in [-0.15, -0.1) is 0 Å². The molecule has 2 N–H and O–H groups in total. The maximum Gasteiger partial charge on any atom is 0.252 e. The Labute approximate surface area is 274 Å². The highest BCUT2D eigenvalue weighted by Gasteiger charge is 2.54. The Kier molecular flexibility index (Phi) is 10.8. The van der Waals surface area contributed by atoms with E-state index in [1.165, 1.54) is 0 Å². The number of aliphatic hydroxyl groups excluding tert-OH is 1. The highest BCUT2D eigenvalue weighted by Crippen LogP contribution is 2.45. The lowest BCUT2D eigenvalue weighted by Gasteiger charge is -2.31. The summed E-state index contributed by atoms with van der Waals surface area (Å²) in [4.78, 5) is 22.5. The number of carbonyl (C=O) groups excluding carboxylic acids is 1. The van der Waals surface area contributed by atoms with Crippen LogP contribution < -0.4 is 10.1 Å².